The van der Waals surface area contributed by atoms with E-state index in [0.29, 0.717) is 0 Å². The fourth-order valence-electron chi connectivity index (χ4n) is 0.742. The van der Waals surface area contributed by atoms with E-state index in [-0.39, 0.29) is 19.9 Å². The summed E-state index contributed by atoms with van der Waals surface area (Å²) in [6.45, 7) is 2.87. The molecule has 0 aliphatic rings. The van der Waals surface area contributed by atoms with E-state index >= 15 is 0 Å². The predicted molar refractivity (Wildman–Crippen MR) is 64.5 cm³/mol. The van der Waals surface area contributed by atoms with Gasteiger partial charge in [-0.05, 0) is 20.9 Å². The summed E-state index contributed by atoms with van der Waals surface area (Å²) < 4.78 is 8.78. The number of nitrogens with two attached hydrogens (primary N) is 1. The maximum absolute atomic E-state index is 11.0. The van der Waals surface area contributed by atoms with Crippen LogP contribution in [0, 0.1) is 0 Å². The second-order valence-electron chi connectivity index (χ2n) is 2.63. The van der Waals surface area contributed by atoms with Gasteiger partial charge in [0.25, 0.3) is 0 Å². The number of nitrogens with one attached hydrogen (secondary N) is 2. The van der Waals surface area contributed by atoms with Crippen LogP contribution in [0.5, 0.6) is 0 Å². The van der Waals surface area contributed by atoms with Crippen LogP contribution < -0.4 is 16.4 Å². The first kappa shape index (κ1) is 19.2. The summed E-state index contributed by atoms with van der Waals surface area (Å²) in [6.07, 6.45) is 0. The van der Waals surface area contributed by atoms with Gasteiger partial charge in [-0.1, -0.05) is 0 Å². The standard InChI is InChI=1S/C9H14N2O6.CH5N/c1-3-16-8(14)6(12)10-5-11-7(13)9(15)17-4-2;1-2/h3-5H2,1-2H3,(H,10,12)(H,11,13);2H2,1H3. The smallest absolute Gasteiger partial charge is 0.396 e. The molecule has 9 heteroatoms. The molecule has 9 nitrogen and oxygen atoms in total. The van der Waals surface area contributed by atoms with Crippen LogP contribution in [-0.4, -0.2) is 50.7 Å². The Labute approximate surface area is 110 Å². The molecule has 0 radical (unpaired) electrons. The summed E-state index contributed by atoms with van der Waals surface area (Å²) in [6, 6.07) is 0. The third-order valence-electron chi connectivity index (χ3n) is 1.42. The van der Waals surface area contributed by atoms with Gasteiger partial charge in [-0.2, -0.15) is 0 Å². The molecule has 110 valence electrons. The molecule has 2 amide bonds. The van der Waals surface area contributed by atoms with E-state index in [1.807, 2.05) is 10.6 Å². The number of esters is 2. The van der Waals surface area contributed by atoms with Crippen molar-refractivity contribution in [2.75, 3.05) is 26.9 Å². The Hall–Kier alpha value is -2.16. The average molecular weight is 277 g/mol. The van der Waals surface area contributed by atoms with Gasteiger partial charge in [0.05, 0.1) is 19.9 Å². The van der Waals surface area contributed by atoms with Gasteiger partial charge in [0, 0.05) is 0 Å². The van der Waals surface area contributed by atoms with E-state index in [0.717, 1.165) is 0 Å². The summed E-state index contributed by atoms with van der Waals surface area (Å²) >= 11 is 0. The molecular weight excluding hydrogens is 258 g/mol. The molecule has 0 bridgehead atoms. The molecule has 0 saturated carbocycles. The molecule has 4 N–H and O–H groups in total. The van der Waals surface area contributed by atoms with Gasteiger partial charge in [-0.15, -0.1) is 0 Å². The van der Waals surface area contributed by atoms with Crippen molar-refractivity contribution in [2.45, 2.75) is 13.8 Å². The normalized spacial score (nSPS) is 8.42. The van der Waals surface area contributed by atoms with Crippen molar-refractivity contribution in [3.8, 4) is 0 Å². The van der Waals surface area contributed by atoms with Gasteiger partial charge in [-0.3, -0.25) is 9.59 Å². The minimum atomic E-state index is -1.06. The number of amides is 2. The zero-order valence-corrected chi connectivity index (χ0v) is 11.1. The lowest BCUT2D eigenvalue weighted by Crippen LogP contribution is -2.43. The Bertz CT molecular complexity index is 288. The summed E-state index contributed by atoms with van der Waals surface area (Å²) in [5.74, 6) is -4.12. The summed E-state index contributed by atoms with van der Waals surface area (Å²) in [5.41, 5.74) is 4.50. The molecule has 0 heterocycles. The Kier molecular flexibility index (Phi) is 12.4. The van der Waals surface area contributed by atoms with Crippen LogP contribution >= 0.6 is 0 Å². The second-order valence-corrected chi connectivity index (χ2v) is 2.63. The summed E-state index contributed by atoms with van der Waals surface area (Å²) in [4.78, 5) is 43.5. The molecular formula is C10H19N3O6. The predicted octanol–water partition coefficient (Wildman–Crippen LogP) is -2.12. The van der Waals surface area contributed by atoms with Gasteiger partial charge in [0.2, 0.25) is 0 Å². The first-order valence-electron chi connectivity index (χ1n) is 5.50. The number of hydrogen-bond donors (Lipinski definition) is 3. The molecule has 0 aromatic carbocycles. The van der Waals surface area contributed by atoms with Crippen LogP contribution in [0.1, 0.15) is 13.8 Å². The average Bonchev–Trinajstić information content (AvgIpc) is 2.41. The van der Waals surface area contributed by atoms with Crippen LogP contribution in [0.4, 0.5) is 0 Å². The first-order valence-corrected chi connectivity index (χ1v) is 5.50. The van der Waals surface area contributed by atoms with E-state index in [2.05, 4.69) is 15.2 Å². The highest BCUT2D eigenvalue weighted by Gasteiger charge is 2.16. The number of rotatable bonds is 4. The Morgan fingerprint density at radius 2 is 1.16 bits per heavy atom. The zero-order chi connectivity index (χ0) is 15.3. The molecule has 0 aromatic rings. The quantitative estimate of drug-likeness (QED) is 0.303. The maximum atomic E-state index is 11.0. The molecule has 0 fully saturated rings. The van der Waals surface area contributed by atoms with Gasteiger partial charge in [0.15, 0.2) is 0 Å². The lowest BCUT2D eigenvalue weighted by Gasteiger charge is -2.06. The highest BCUT2D eigenvalue weighted by molar-refractivity contribution is 6.33. The van der Waals surface area contributed by atoms with E-state index in [9.17, 15) is 19.2 Å². The van der Waals surface area contributed by atoms with Crippen LogP contribution in [0.15, 0.2) is 0 Å². The third-order valence-corrected chi connectivity index (χ3v) is 1.42. The Morgan fingerprint density at radius 3 is 1.42 bits per heavy atom. The van der Waals surface area contributed by atoms with Crippen LogP contribution in [0.3, 0.4) is 0 Å². The van der Waals surface area contributed by atoms with Crippen molar-refractivity contribution < 1.29 is 28.7 Å². The van der Waals surface area contributed by atoms with Crippen molar-refractivity contribution in [3.63, 3.8) is 0 Å². The topological polar surface area (TPSA) is 137 Å². The summed E-state index contributed by atoms with van der Waals surface area (Å²) in [7, 11) is 1.50. The SMILES string of the molecule is CCOC(=O)C(=O)NCNC(=O)C(=O)OCC.CN. The largest absolute Gasteiger partial charge is 0.459 e. The minimum absolute atomic E-state index is 0.0709. The monoisotopic (exact) mass is 277 g/mol. The molecule has 0 aromatic heterocycles. The molecule has 0 unspecified atom stereocenters. The molecule has 0 aliphatic heterocycles. The number of ether oxygens (including phenoxy) is 2. The van der Waals surface area contributed by atoms with Gasteiger partial charge in [-0.25, -0.2) is 9.59 Å². The van der Waals surface area contributed by atoms with Crippen LogP contribution in [0.2, 0.25) is 0 Å². The second kappa shape index (κ2) is 12.3. The molecule has 0 atom stereocenters. The first-order chi connectivity index (χ1) is 9.02. The lowest BCUT2D eigenvalue weighted by atomic mass is 10.6. The van der Waals surface area contributed by atoms with Crippen LogP contribution in [-0.2, 0) is 28.7 Å². The third kappa shape index (κ3) is 9.53. The highest BCUT2D eigenvalue weighted by atomic mass is 16.5. The van der Waals surface area contributed by atoms with Crippen molar-refractivity contribution in [1.29, 1.82) is 0 Å². The maximum Gasteiger partial charge on any atom is 0.396 e. The highest BCUT2D eigenvalue weighted by Crippen LogP contribution is 1.79. The Balaban J connectivity index is 0. The lowest BCUT2D eigenvalue weighted by molar-refractivity contribution is -0.155. The molecule has 0 rings (SSSR count). The minimum Gasteiger partial charge on any atom is -0.459 e. The van der Waals surface area contributed by atoms with E-state index in [1.54, 1.807) is 13.8 Å². The summed E-state index contributed by atoms with van der Waals surface area (Å²) in [5, 5.41) is 4.08. The number of carbonyl (C=O) groups excluding carboxylic acids is 4. The molecule has 0 spiro atoms. The fourth-order valence-corrected chi connectivity index (χ4v) is 0.742. The van der Waals surface area contributed by atoms with Crippen molar-refractivity contribution >= 4 is 23.8 Å². The molecule has 0 aliphatic carbocycles. The number of carbonyl (C=O) groups is 4. The van der Waals surface area contributed by atoms with E-state index in [4.69, 9.17) is 0 Å². The van der Waals surface area contributed by atoms with Gasteiger partial charge < -0.3 is 25.8 Å². The van der Waals surface area contributed by atoms with Crippen molar-refractivity contribution in [1.82, 2.24) is 10.6 Å². The van der Waals surface area contributed by atoms with Crippen molar-refractivity contribution in [2.24, 2.45) is 5.73 Å². The fraction of sp³-hybridized carbons (Fsp3) is 0.600. The molecule has 19 heavy (non-hydrogen) atoms. The zero-order valence-electron chi connectivity index (χ0n) is 11.1. The van der Waals surface area contributed by atoms with Gasteiger partial charge >= 0.3 is 23.8 Å². The Morgan fingerprint density at radius 1 is 0.842 bits per heavy atom. The van der Waals surface area contributed by atoms with Crippen LogP contribution in [0.25, 0.3) is 0 Å². The van der Waals surface area contributed by atoms with E-state index in [1.165, 1.54) is 7.05 Å². The number of hydrogen-bond acceptors (Lipinski definition) is 7. The van der Waals surface area contributed by atoms with Crippen molar-refractivity contribution in [3.05, 3.63) is 0 Å². The molecule has 0 saturated heterocycles. The van der Waals surface area contributed by atoms with E-state index < -0.39 is 23.8 Å². The van der Waals surface area contributed by atoms with Gasteiger partial charge in [0.1, 0.15) is 0 Å².